The summed E-state index contributed by atoms with van der Waals surface area (Å²) >= 11 is 0. The summed E-state index contributed by atoms with van der Waals surface area (Å²) in [6, 6.07) is 27.7. The van der Waals surface area contributed by atoms with E-state index in [0.29, 0.717) is 13.0 Å². The van der Waals surface area contributed by atoms with E-state index in [-0.39, 0.29) is 18.4 Å². The van der Waals surface area contributed by atoms with E-state index in [1.165, 1.54) is 5.56 Å². The molecule has 6 nitrogen and oxygen atoms in total. The van der Waals surface area contributed by atoms with E-state index in [2.05, 4.69) is 5.32 Å². The maximum atomic E-state index is 13.1. The predicted molar refractivity (Wildman–Crippen MR) is 145 cm³/mol. The monoisotopic (exact) mass is 482 g/mol. The number of rotatable bonds is 12. The zero-order valence-corrected chi connectivity index (χ0v) is 20.9. The number of nitrogens with zero attached hydrogens (tertiary/aromatic N) is 3. The molecule has 4 aromatic rings. The number of likely N-dealkylation sites (N-methyl/N-ethyl adjacent to an activating group) is 1. The second-order valence-electron chi connectivity index (χ2n) is 9.04. The lowest BCUT2D eigenvalue weighted by Crippen LogP contribution is -2.30. The molecular formula is C30H34N4O2. The Bertz CT molecular complexity index is 1270. The largest absolute Gasteiger partial charge is 0.356 e. The van der Waals surface area contributed by atoms with Gasteiger partial charge in [0.25, 0.3) is 0 Å². The van der Waals surface area contributed by atoms with Crippen LogP contribution in [-0.4, -0.2) is 35.0 Å². The molecule has 186 valence electrons. The van der Waals surface area contributed by atoms with Crippen molar-refractivity contribution in [2.75, 3.05) is 18.5 Å². The summed E-state index contributed by atoms with van der Waals surface area (Å²) in [7, 11) is 1.81. The van der Waals surface area contributed by atoms with Gasteiger partial charge in [-0.3, -0.25) is 9.59 Å². The number of nitrogens with one attached hydrogen (secondary N) is 1. The molecule has 3 aromatic carbocycles. The first-order valence-electron chi connectivity index (χ1n) is 12.7. The quantitative estimate of drug-likeness (QED) is 0.284. The van der Waals surface area contributed by atoms with Gasteiger partial charge in [0.15, 0.2) is 0 Å². The van der Waals surface area contributed by atoms with E-state index in [0.717, 1.165) is 54.6 Å². The minimum Gasteiger partial charge on any atom is -0.356 e. The van der Waals surface area contributed by atoms with Crippen molar-refractivity contribution >= 4 is 28.5 Å². The molecule has 0 fully saturated rings. The molecule has 0 aliphatic carbocycles. The third-order valence-electron chi connectivity index (χ3n) is 6.43. The van der Waals surface area contributed by atoms with Gasteiger partial charge in [0.2, 0.25) is 11.8 Å². The molecule has 0 radical (unpaired) electrons. The maximum absolute atomic E-state index is 13.1. The molecule has 2 amide bonds. The summed E-state index contributed by atoms with van der Waals surface area (Å²) < 4.78 is 2.04. The van der Waals surface area contributed by atoms with Gasteiger partial charge >= 0.3 is 0 Å². The van der Waals surface area contributed by atoms with Crippen LogP contribution in [0.2, 0.25) is 0 Å². The van der Waals surface area contributed by atoms with E-state index in [4.69, 9.17) is 4.98 Å². The van der Waals surface area contributed by atoms with Crippen LogP contribution in [0.3, 0.4) is 0 Å². The number of para-hydroxylation sites is 3. The molecule has 0 unspecified atom stereocenters. The number of anilines is 1. The van der Waals surface area contributed by atoms with Gasteiger partial charge in [0.05, 0.1) is 11.0 Å². The summed E-state index contributed by atoms with van der Waals surface area (Å²) in [5, 5.41) is 3.03. The van der Waals surface area contributed by atoms with Crippen molar-refractivity contribution < 1.29 is 9.59 Å². The van der Waals surface area contributed by atoms with Crippen LogP contribution in [-0.2, 0) is 29.0 Å². The number of fused-ring (bicyclic) bond motifs is 1. The third kappa shape index (κ3) is 6.81. The number of hydrogen-bond acceptors (Lipinski definition) is 3. The SMILES string of the molecule is CN(C(=O)Cn1c(CCCCCNC(=O)CCc2ccccc2)nc2ccccc21)c1ccccc1. The van der Waals surface area contributed by atoms with Crippen LogP contribution in [0.1, 0.15) is 37.1 Å². The molecular weight excluding hydrogens is 448 g/mol. The molecule has 1 heterocycles. The van der Waals surface area contributed by atoms with Gasteiger partial charge in [-0.15, -0.1) is 0 Å². The first kappa shape index (κ1) is 25.2. The average molecular weight is 483 g/mol. The van der Waals surface area contributed by atoms with Gasteiger partial charge in [-0.25, -0.2) is 4.98 Å². The Hall–Kier alpha value is -3.93. The van der Waals surface area contributed by atoms with Crippen LogP contribution in [0.25, 0.3) is 11.0 Å². The fourth-order valence-corrected chi connectivity index (χ4v) is 4.33. The van der Waals surface area contributed by atoms with Crippen molar-refractivity contribution in [1.82, 2.24) is 14.9 Å². The van der Waals surface area contributed by atoms with Gasteiger partial charge in [0, 0.05) is 32.1 Å². The third-order valence-corrected chi connectivity index (χ3v) is 6.43. The van der Waals surface area contributed by atoms with E-state index in [9.17, 15) is 9.59 Å². The van der Waals surface area contributed by atoms with Crippen LogP contribution in [0.4, 0.5) is 5.69 Å². The highest BCUT2D eigenvalue weighted by atomic mass is 16.2. The fraction of sp³-hybridized carbons (Fsp3) is 0.300. The molecule has 4 rings (SSSR count). The molecule has 0 spiro atoms. The minimum absolute atomic E-state index is 0.0174. The van der Waals surface area contributed by atoms with E-state index < -0.39 is 0 Å². The maximum Gasteiger partial charge on any atom is 0.246 e. The molecule has 1 N–H and O–H groups in total. The Morgan fingerprint density at radius 1 is 0.833 bits per heavy atom. The van der Waals surface area contributed by atoms with Crippen LogP contribution < -0.4 is 10.2 Å². The fourth-order valence-electron chi connectivity index (χ4n) is 4.33. The number of carbonyl (C=O) groups excluding carboxylic acids is 2. The van der Waals surface area contributed by atoms with Crippen molar-refractivity contribution in [2.24, 2.45) is 0 Å². The van der Waals surface area contributed by atoms with Crippen molar-refractivity contribution in [2.45, 2.75) is 45.1 Å². The molecule has 0 bridgehead atoms. The number of hydrogen-bond donors (Lipinski definition) is 1. The van der Waals surface area contributed by atoms with Gasteiger partial charge in [-0.05, 0) is 49.1 Å². The second kappa shape index (κ2) is 12.7. The second-order valence-corrected chi connectivity index (χ2v) is 9.04. The first-order valence-corrected chi connectivity index (χ1v) is 12.7. The topological polar surface area (TPSA) is 67.2 Å². The first-order chi connectivity index (χ1) is 17.6. The van der Waals surface area contributed by atoms with Crippen molar-refractivity contribution in [3.8, 4) is 0 Å². The molecule has 0 aliphatic rings. The highest BCUT2D eigenvalue weighted by molar-refractivity contribution is 5.93. The lowest BCUT2D eigenvalue weighted by molar-refractivity contribution is -0.121. The number of aryl methyl sites for hydroxylation is 2. The normalized spacial score (nSPS) is 10.9. The van der Waals surface area contributed by atoms with Gasteiger partial charge < -0.3 is 14.8 Å². The molecule has 0 saturated carbocycles. The summed E-state index contributed by atoms with van der Waals surface area (Å²) in [6.45, 7) is 0.934. The lowest BCUT2D eigenvalue weighted by atomic mass is 10.1. The van der Waals surface area contributed by atoms with Gasteiger partial charge in [-0.2, -0.15) is 0 Å². The average Bonchev–Trinajstić information content (AvgIpc) is 3.27. The predicted octanol–water partition coefficient (Wildman–Crippen LogP) is 5.16. The van der Waals surface area contributed by atoms with Crippen LogP contribution in [0.5, 0.6) is 0 Å². The summed E-state index contributed by atoms with van der Waals surface area (Å²) in [6.07, 6.45) is 4.93. The van der Waals surface area contributed by atoms with Crippen LogP contribution in [0.15, 0.2) is 84.9 Å². The van der Waals surface area contributed by atoms with E-state index in [1.807, 2.05) is 96.5 Å². The molecule has 0 saturated heterocycles. The van der Waals surface area contributed by atoms with E-state index >= 15 is 0 Å². The van der Waals surface area contributed by atoms with Gasteiger partial charge in [-0.1, -0.05) is 67.1 Å². The minimum atomic E-state index is 0.0174. The highest BCUT2D eigenvalue weighted by Crippen LogP contribution is 2.19. The molecule has 0 aliphatic heterocycles. The number of benzene rings is 3. The zero-order valence-electron chi connectivity index (χ0n) is 20.9. The standard InChI is InChI=1S/C30H34N4O2/c1-33(25-15-7-3-8-16-25)30(36)23-34-27-18-11-10-17-26(27)32-28(34)19-9-4-12-22-31-29(35)21-20-24-13-5-2-6-14-24/h2-3,5-8,10-11,13-18H,4,9,12,19-23H2,1H3,(H,31,35). The molecule has 1 aromatic heterocycles. The summed E-state index contributed by atoms with van der Waals surface area (Å²) in [4.78, 5) is 31.7. The number of unbranched alkanes of at least 4 members (excludes halogenated alkanes) is 2. The summed E-state index contributed by atoms with van der Waals surface area (Å²) in [5.74, 6) is 1.04. The number of aromatic nitrogens is 2. The highest BCUT2D eigenvalue weighted by Gasteiger charge is 2.17. The van der Waals surface area contributed by atoms with Crippen molar-refractivity contribution in [1.29, 1.82) is 0 Å². The Balaban J connectivity index is 1.26. The van der Waals surface area contributed by atoms with Gasteiger partial charge in [0.1, 0.15) is 12.4 Å². The van der Waals surface area contributed by atoms with Crippen molar-refractivity contribution in [3.63, 3.8) is 0 Å². The molecule has 36 heavy (non-hydrogen) atoms. The molecule has 6 heteroatoms. The smallest absolute Gasteiger partial charge is 0.246 e. The van der Waals surface area contributed by atoms with Crippen molar-refractivity contribution in [3.05, 3.63) is 96.3 Å². The summed E-state index contributed by atoms with van der Waals surface area (Å²) in [5.41, 5.74) is 3.95. The Kier molecular flexibility index (Phi) is 8.87. The molecule has 0 atom stereocenters. The number of imidazole rings is 1. The Morgan fingerprint density at radius 3 is 2.31 bits per heavy atom. The number of amides is 2. The van der Waals surface area contributed by atoms with Crippen LogP contribution in [0, 0.1) is 0 Å². The Labute approximate surface area is 213 Å². The lowest BCUT2D eigenvalue weighted by Gasteiger charge is -2.18. The van der Waals surface area contributed by atoms with Crippen LogP contribution >= 0.6 is 0 Å². The Morgan fingerprint density at radius 2 is 1.53 bits per heavy atom. The number of carbonyl (C=O) groups is 2. The van der Waals surface area contributed by atoms with E-state index in [1.54, 1.807) is 4.90 Å². The zero-order chi connectivity index (χ0) is 25.2.